The average molecular weight is 365 g/mol. The van der Waals surface area contributed by atoms with Crippen molar-refractivity contribution in [2.75, 3.05) is 34.8 Å². The molecule has 3 rings (SSSR count). The maximum atomic E-state index is 12.3. The van der Waals surface area contributed by atoms with Gasteiger partial charge in [-0.15, -0.1) is 0 Å². The number of benzene rings is 1. The second kappa shape index (κ2) is 7.64. The quantitative estimate of drug-likeness (QED) is 0.832. The molecule has 0 spiro atoms. The summed E-state index contributed by atoms with van der Waals surface area (Å²) in [7, 11) is -2.98. The standard InChI is InChI=1S/C18H27N3O3S/c1-14(18(22)20-16-9-12-25(23,24)13-16)19-15-5-7-17(8-6-15)21-10-3-2-4-11-21/h5-8,14,16,19H,2-4,9-13H2,1H3,(H,20,22)/t14-,16-/m1/s1. The Balaban J connectivity index is 1.51. The van der Waals surface area contributed by atoms with Crippen LogP contribution in [0.2, 0.25) is 0 Å². The number of carbonyl (C=O) groups excluding carboxylic acids is 1. The van der Waals surface area contributed by atoms with Crippen LogP contribution in [0, 0.1) is 0 Å². The zero-order chi connectivity index (χ0) is 17.9. The van der Waals surface area contributed by atoms with E-state index in [-0.39, 0.29) is 23.5 Å². The van der Waals surface area contributed by atoms with E-state index in [0.717, 1.165) is 18.8 Å². The number of hydrogen-bond donors (Lipinski definition) is 2. The summed E-state index contributed by atoms with van der Waals surface area (Å²) in [6.07, 6.45) is 4.30. The van der Waals surface area contributed by atoms with Gasteiger partial charge < -0.3 is 15.5 Å². The van der Waals surface area contributed by atoms with Crippen LogP contribution in [0.4, 0.5) is 11.4 Å². The van der Waals surface area contributed by atoms with Crippen molar-refractivity contribution in [2.45, 2.75) is 44.7 Å². The molecule has 2 N–H and O–H groups in total. The maximum absolute atomic E-state index is 12.3. The van der Waals surface area contributed by atoms with Crippen LogP contribution in [0.25, 0.3) is 0 Å². The summed E-state index contributed by atoms with van der Waals surface area (Å²) in [6.45, 7) is 4.00. The van der Waals surface area contributed by atoms with Crippen molar-refractivity contribution in [1.29, 1.82) is 0 Å². The third-order valence-electron chi connectivity index (χ3n) is 4.94. The molecule has 1 aromatic carbocycles. The first-order chi connectivity index (χ1) is 11.9. The molecule has 0 radical (unpaired) electrons. The molecule has 2 saturated heterocycles. The molecule has 1 aromatic rings. The molecule has 2 aliphatic rings. The number of rotatable bonds is 5. The van der Waals surface area contributed by atoms with Crippen molar-refractivity contribution in [3.8, 4) is 0 Å². The molecule has 0 unspecified atom stereocenters. The van der Waals surface area contributed by atoms with E-state index in [2.05, 4.69) is 27.7 Å². The predicted molar refractivity (Wildman–Crippen MR) is 101 cm³/mol. The van der Waals surface area contributed by atoms with Crippen LogP contribution in [-0.2, 0) is 14.6 Å². The molecule has 0 bridgehead atoms. The second-order valence-corrected chi connectivity index (χ2v) is 9.30. The average Bonchev–Trinajstić information content (AvgIpc) is 2.95. The molecule has 6 nitrogen and oxygen atoms in total. The van der Waals surface area contributed by atoms with Crippen molar-refractivity contribution < 1.29 is 13.2 Å². The van der Waals surface area contributed by atoms with E-state index in [0.29, 0.717) is 6.42 Å². The summed E-state index contributed by atoms with van der Waals surface area (Å²) in [6, 6.07) is 7.48. The van der Waals surface area contributed by atoms with E-state index in [1.165, 1.54) is 24.9 Å². The van der Waals surface area contributed by atoms with E-state index in [9.17, 15) is 13.2 Å². The lowest BCUT2D eigenvalue weighted by Crippen LogP contribution is -2.43. The van der Waals surface area contributed by atoms with Gasteiger partial charge in [0.25, 0.3) is 0 Å². The van der Waals surface area contributed by atoms with E-state index >= 15 is 0 Å². The summed E-state index contributed by atoms with van der Waals surface area (Å²) in [4.78, 5) is 14.6. The largest absolute Gasteiger partial charge is 0.374 e. The molecule has 25 heavy (non-hydrogen) atoms. The van der Waals surface area contributed by atoms with E-state index < -0.39 is 15.9 Å². The summed E-state index contributed by atoms with van der Waals surface area (Å²) >= 11 is 0. The van der Waals surface area contributed by atoms with Gasteiger partial charge in [-0.25, -0.2) is 8.42 Å². The Labute approximate surface area is 149 Å². The molecule has 2 aliphatic heterocycles. The zero-order valence-electron chi connectivity index (χ0n) is 14.7. The molecule has 138 valence electrons. The minimum Gasteiger partial charge on any atom is -0.374 e. The van der Waals surface area contributed by atoms with E-state index in [1.54, 1.807) is 6.92 Å². The minimum atomic E-state index is -2.98. The van der Waals surface area contributed by atoms with E-state index in [1.807, 2.05) is 12.1 Å². The number of anilines is 2. The Bertz CT molecular complexity index is 697. The number of hydrogen-bond acceptors (Lipinski definition) is 5. The van der Waals surface area contributed by atoms with Gasteiger partial charge in [-0.1, -0.05) is 0 Å². The molecule has 0 saturated carbocycles. The Kier molecular flexibility index (Phi) is 5.51. The van der Waals surface area contributed by atoms with Crippen LogP contribution in [0.15, 0.2) is 24.3 Å². The normalized spacial score (nSPS) is 23.9. The van der Waals surface area contributed by atoms with Crippen molar-refractivity contribution in [3.63, 3.8) is 0 Å². The summed E-state index contributed by atoms with van der Waals surface area (Å²) in [5.41, 5.74) is 2.11. The molecule has 2 atom stereocenters. The molecule has 7 heteroatoms. The van der Waals surface area contributed by atoms with Gasteiger partial charge in [0.15, 0.2) is 9.84 Å². The highest BCUT2D eigenvalue weighted by Gasteiger charge is 2.29. The van der Waals surface area contributed by atoms with Crippen molar-refractivity contribution in [1.82, 2.24) is 5.32 Å². The first-order valence-electron chi connectivity index (χ1n) is 9.05. The van der Waals surface area contributed by atoms with Gasteiger partial charge >= 0.3 is 0 Å². The first kappa shape index (κ1) is 18.0. The Morgan fingerprint density at radius 1 is 1.16 bits per heavy atom. The topological polar surface area (TPSA) is 78.5 Å². The lowest BCUT2D eigenvalue weighted by molar-refractivity contribution is -0.122. The van der Waals surface area contributed by atoms with Gasteiger partial charge in [0.2, 0.25) is 5.91 Å². The third kappa shape index (κ3) is 4.87. The summed E-state index contributed by atoms with van der Waals surface area (Å²) in [5, 5.41) is 6.02. The zero-order valence-corrected chi connectivity index (χ0v) is 15.5. The fourth-order valence-corrected chi connectivity index (χ4v) is 5.14. The van der Waals surface area contributed by atoms with Gasteiger partial charge in [0.05, 0.1) is 11.5 Å². The van der Waals surface area contributed by atoms with Crippen LogP contribution >= 0.6 is 0 Å². The van der Waals surface area contributed by atoms with Crippen LogP contribution in [0.5, 0.6) is 0 Å². The van der Waals surface area contributed by atoms with Crippen LogP contribution in [0.3, 0.4) is 0 Å². The van der Waals surface area contributed by atoms with Gasteiger partial charge in [-0.05, 0) is 56.9 Å². The van der Waals surface area contributed by atoms with Crippen LogP contribution in [-0.4, -0.2) is 51.0 Å². The molecule has 1 amide bonds. The first-order valence-corrected chi connectivity index (χ1v) is 10.9. The predicted octanol–water partition coefficient (Wildman–Crippen LogP) is 1.78. The smallest absolute Gasteiger partial charge is 0.242 e. The lowest BCUT2D eigenvalue weighted by Gasteiger charge is -2.29. The highest BCUT2D eigenvalue weighted by Crippen LogP contribution is 2.22. The Morgan fingerprint density at radius 2 is 1.84 bits per heavy atom. The van der Waals surface area contributed by atoms with Gasteiger partial charge in [-0.3, -0.25) is 4.79 Å². The summed E-state index contributed by atoms with van der Waals surface area (Å²) in [5.74, 6) is 0.0514. The highest BCUT2D eigenvalue weighted by atomic mass is 32.2. The number of carbonyl (C=O) groups is 1. The minimum absolute atomic E-state index is 0.0516. The fraction of sp³-hybridized carbons (Fsp3) is 0.611. The number of amides is 1. The highest BCUT2D eigenvalue weighted by molar-refractivity contribution is 7.91. The molecule has 2 heterocycles. The Hall–Kier alpha value is -1.76. The van der Waals surface area contributed by atoms with Gasteiger partial charge in [0, 0.05) is 30.5 Å². The second-order valence-electron chi connectivity index (χ2n) is 7.07. The Morgan fingerprint density at radius 3 is 2.44 bits per heavy atom. The van der Waals surface area contributed by atoms with Crippen molar-refractivity contribution >= 4 is 27.1 Å². The number of sulfone groups is 1. The van der Waals surface area contributed by atoms with Crippen LogP contribution < -0.4 is 15.5 Å². The molecule has 2 fully saturated rings. The molecule has 0 aromatic heterocycles. The number of piperidine rings is 1. The maximum Gasteiger partial charge on any atom is 0.242 e. The number of nitrogens with one attached hydrogen (secondary N) is 2. The lowest BCUT2D eigenvalue weighted by atomic mass is 10.1. The molecular formula is C18H27N3O3S. The van der Waals surface area contributed by atoms with Gasteiger partial charge in [0.1, 0.15) is 6.04 Å². The SMILES string of the molecule is C[C@@H](Nc1ccc(N2CCCCC2)cc1)C(=O)N[C@@H]1CCS(=O)(=O)C1. The van der Waals surface area contributed by atoms with Crippen LogP contribution in [0.1, 0.15) is 32.6 Å². The van der Waals surface area contributed by atoms with Crippen molar-refractivity contribution in [2.24, 2.45) is 0 Å². The van der Waals surface area contributed by atoms with E-state index in [4.69, 9.17) is 0 Å². The third-order valence-corrected chi connectivity index (χ3v) is 6.71. The number of nitrogens with zero attached hydrogens (tertiary/aromatic N) is 1. The van der Waals surface area contributed by atoms with Gasteiger partial charge in [-0.2, -0.15) is 0 Å². The molecular weight excluding hydrogens is 338 g/mol. The molecule has 0 aliphatic carbocycles. The fourth-order valence-electron chi connectivity index (χ4n) is 3.47. The van der Waals surface area contributed by atoms with Crippen molar-refractivity contribution in [3.05, 3.63) is 24.3 Å². The monoisotopic (exact) mass is 365 g/mol. The summed E-state index contributed by atoms with van der Waals surface area (Å²) < 4.78 is 22.9.